The van der Waals surface area contributed by atoms with Gasteiger partial charge in [-0.1, -0.05) is 75.4 Å². The van der Waals surface area contributed by atoms with Gasteiger partial charge in [-0.05, 0) is 74.0 Å². The number of aromatic nitrogens is 1. The number of rotatable bonds is 9. The van der Waals surface area contributed by atoms with Crippen molar-refractivity contribution < 1.29 is 9.59 Å². The summed E-state index contributed by atoms with van der Waals surface area (Å²) in [6.45, 7) is 10.3. The van der Waals surface area contributed by atoms with Gasteiger partial charge in [-0.3, -0.25) is 14.6 Å². The fraction of sp³-hybridized carbons (Fsp3) is 0.457. The van der Waals surface area contributed by atoms with Gasteiger partial charge in [0.1, 0.15) is 5.78 Å². The number of amides is 1. The maximum atomic E-state index is 13.0. The SMILES string of the molecule is CC(C)(C)CC(=O)CC1CCC(CC(=O)Nc2cnc(-c3ccc(C(C)(C)N)cc3)c(-c3ccccc3)c2)CC1. The highest BCUT2D eigenvalue weighted by molar-refractivity contribution is 5.93. The lowest BCUT2D eigenvalue weighted by Gasteiger charge is -2.28. The highest BCUT2D eigenvalue weighted by atomic mass is 16.1. The molecule has 1 aliphatic rings. The summed E-state index contributed by atoms with van der Waals surface area (Å²) in [6, 6.07) is 20.4. The molecule has 2 aromatic carbocycles. The summed E-state index contributed by atoms with van der Waals surface area (Å²) in [7, 11) is 0. The van der Waals surface area contributed by atoms with Crippen molar-refractivity contribution >= 4 is 17.4 Å². The quantitative estimate of drug-likeness (QED) is 0.287. The molecule has 212 valence electrons. The molecule has 1 amide bonds. The van der Waals surface area contributed by atoms with Crippen LogP contribution in [0.15, 0.2) is 66.9 Å². The van der Waals surface area contributed by atoms with Gasteiger partial charge in [0, 0.05) is 35.9 Å². The molecule has 0 bridgehead atoms. The third kappa shape index (κ3) is 8.34. The van der Waals surface area contributed by atoms with E-state index >= 15 is 0 Å². The van der Waals surface area contributed by atoms with Gasteiger partial charge in [-0.25, -0.2) is 0 Å². The van der Waals surface area contributed by atoms with Crippen molar-refractivity contribution in [3.8, 4) is 22.4 Å². The van der Waals surface area contributed by atoms with Gasteiger partial charge >= 0.3 is 0 Å². The molecular formula is C35H45N3O2. The van der Waals surface area contributed by atoms with E-state index in [4.69, 9.17) is 10.7 Å². The maximum Gasteiger partial charge on any atom is 0.224 e. The normalized spacial score (nSPS) is 17.9. The summed E-state index contributed by atoms with van der Waals surface area (Å²) in [4.78, 5) is 30.2. The summed E-state index contributed by atoms with van der Waals surface area (Å²) in [6.07, 6.45) is 7.64. The molecule has 0 spiro atoms. The lowest BCUT2D eigenvalue weighted by molar-refractivity contribution is -0.122. The zero-order chi connectivity index (χ0) is 28.9. The first-order valence-corrected chi connectivity index (χ1v) is 14.6. The number of ketones is 1. The average molecular weight is 540 g/mol. The van der Waals surface area contributed by atoms with Crippen LogP contribution in [0, 0.1) is 17.3 Å². The van der Waals surface area contributed by atoms with E-state index in [9.17, 15) is 9.59 Å². The predicted molar refractivity (Wildman–Crippen MR) is 165 cm³/mol. The van der Waals surface area contributed by atoms with Crippen molar-refractivity contribution in [2.45, 2.75) is 85.1 Å². The average Bonchev–Trinajstić information content (AvgIpc) is 2.89. The minimum atomic E-state index is -0.411. The number of nitrogens with two attached hydrogens (primary N) is 1. The highest BCUT2D eigenvalue weighted by Gasteiger charge is 2.26. The number of nitrogens with zero attached hydrogens (tertiary/aromatic N) is 1. The van der Waals surface area contributed by atoms with Crippen molar-refractivity contribution in [1.82, 2.24) is 4.98 Å². The third-order valence-corrected chi connectivity index (χ3v) is 7.84. The van der Waals surface area contributed by atoms with E-state index in [1.807, 2.05) is 38.1 Å². The largest absolute Gasteiger partial charge is 0.325 e. The lowest BCUT2D eigenvalue weighted by Crippen LogP contribution is -2.28. The molecule has 1 fully saturated rings. The van der Waals surface area contributed by atoms with E-state index in [0.717, 1.165) is 53.6 Å². The Balaban J connectivity index is 1.41. The second kappa shape index (κ2) is 12.5. The number of pyridine rings is 1. The Bertz CT molecular complexity index is 1290. The van der Waals surface area contributed by atoms with Crippen molar-refractivity contribution in [3.05, 3.63) is 72.4 Å². The summed E-state index contributed by atoms with van der Waals surface area (Å²) in [5.41, 5.74) is 11.6. The van der Waals surface area contributed by atoms with E-state index in [1.54, 1.807) is 6.20 Å². The molecule has 0 aliphatic heterocycles. The second-order valence-electron chi connectivity index (χ2n) is 13.4. The minimum absolute atomic E-state index is 0.0235. The number of carbonyl (C=O) groups is 2. The van der Waals surface area contributed by atoms with E-state index in [0.29, 0.717) is 42.6 Å². The predicted octanol–water partition coefficient (Wildman–Crippen LogP) is 8.14. The van der Waals surface area contributed by atoms with Gasteiger partial charge in [0.15, 0.2) is 0 Å². The fourth-order valence-electron chi connectivity index (χ4n) is 5.76. The van der Waals surface area contributed by atoms with Gasteiger partial charge in [0.05, 0.1) is 17.6 Å². The van der Waals surface area contributed by atoms with Crippen LogP contribution in [0.2, 0.25) is 0 Å². The second-order valence-corrected chi connectivity index (χ2v) is 13.4. The molecule has 1 aromatic heterocycles. The molecule has 5 nitrogen and oxygen atoms in total. The third-order valence-electron chi connectivity index (χ3n) is 7.84. The van der Waals surface area contributed by atoms with E-state index in [-0.39, 0.29) is 11.3 Å². The zero-order valence-corrected chi connectivity index (χ0v) is 24.8. The Morgan fingerprint density at radius 2 is 1.45 bits per heavy atom. The van der Waals surface area contributed by atoms with Gasteiger partial charge in [-0.15, -0.1) is 0 Å². The lowest BCUT2D eigenvalue weighted by atomic mass is 9.77. The molecular weight excluding hydrogens is 494 g/mol. The van der Waals surface area contributed by atoms with Crippen molar-refractivity contribution in [2.24, 2.45) is 23.0 Å². The van der Waals surface area contributed by atoms with Crippen LogP contribution in [0.3, 0.4) is 0 Å². The Morgan fingerprint density at radius 1 is 0.850 bits per heavy atom. The molecule has 5 heteroatoms. The van der Waals surface area contributed by atoms with Crippen molar-refractivity contribution in [1.29, 1.82) is 0 Å². The molecule has 1 saturated carbocycles. The molecule has 1 aliphatic carbocycles. The summed E-state index contributed by atoms with van der Waals surface area (Å²) in [5, 5.41) is 3.10. The number of anilines is 1. The summed E-state index contributed by atoms with van der Waals surface area (Å²) in [5.74, 6) is 1.22. The Morgan fingerprint density at radius 3 is 2.02 bits per heavy atom. The van der Waals surface area contributed by atoms with Crippen LogP contribution in [0.5, 0.6) is 0 Å². The molecule has 3 aromatic rings. The van der Waals surface area contributed by atoms with Crippen LogP contribution >= 0.6 is 0 Å². The number of Topliss-reactive ketones (excluding diaryl/α,β-unsaturated/α-hetero) is 1. The van der Waals surface area contributed by atoms with Gasteiger partial charge in [-0.2, -0.15) is 0 Å². The van der Waals surface area contributed by atoms with Crippen LogP contribution in [0.25, 0.3) is 22.4 Å². The summed E-state index contributed by atoms with van der Waals surface area (Å²) < 4.78 is 0. The molecule has 3 N–H and O–H groups in total. The van der Waals surface area contributed by atoms with Gasteiger partial charge < -0.3 is 11.1 Å². The zero-order valence-electron chi connectivity index (χ0n) is 24.8. The maximum absolute atomic E-state index is 13.0. The number of carbonyl (C=O) groups excluding carboxylic acids is 2. The number of nitrogens with one attached hydrogen (secondary N) is 1. The summed E-state index contributed by atoms with van der Waals surface area (Å²) >= 11 is 0. The van der Waals surface area contributed by atoms with Crippen molar-refractivity contribution in [3.63, 3.8) is 0 Å². The Labute approximate surface area is 240 Å². The first-order chi connectivity index (χ1) is 18.9. The highest BCUT2D eigenvalue weighted by Crippen LogP contribution is 2.36. The minimum Gasteiger partial charge on any atom is -0.325 e. The number of benzene rings is 2. The fourth-order valence-corrected chi connectivity index (χ4v) is 5.76. The standard InChI is InChI=1S/C35H45N3O2/c1-34(2,3)22-30(39)19-24-11-13-25(14-12-24)20-32(40)38-29-21-31(26-9-7-6-8-10-26)33(37-23-29)27-15-17-28(18-16-27)35(4,5)36/h6-10,15-18,21,23-25H,11-14,19-20,22,36H2,1-5H3,(H,38,40). The van der Waals surface area contributed by atoms with Crippen LogP contribution in [0.4, 0.5) is 5.69 Å². The molecule has 1 heterocycles. The smallest absolute Gasteiger partial charge is 0.224 e. The molecule has 40 heavy (non-hydrogen) atoms. The van der Waals surface area contributed by atoms with Gasteiger partial charge in [0.25, 0.3) is 0 Å². The molecule has 0 radical (unpaired) electrons. The van der Waals surface area contributed by atoms with Crippen LogP contribution in [-0.4, -0.2) is 16.7 Å². The topological polar surface area (TPSA) is 85.1 Å². The van der Waals surface area contributed by atoms with Gasteiger partial charge in [0.2, 0.25) is 5.91 Å². The Hall–Kier alpha value is -3.31. The molecule has 4 rings (SSSR count). The van der Waals surface area contributed by atoms with E-state index in [1.165, 1.54) is 0 Å². The molecule has 0 unspecified atom stereocenters. The molecule has 0 saturated heterocycles. The molecule has 0 atom stereocenters. The van der Waals surface area contributed by atoms with E-state index in [2.05, 4.69) is 62.5 Å². The van der Waals surface area contributed by atoms with Crippen LogP contribution < -0.4 is 11.1 Å². The first-order valence-electron chi connectivity index (χ1n) is 14.6. The van der Waals surface area contributed by atoms with Crippen molar-refractivity contribution in [2.75, 3.05) is 5.32 Å². The number of hydrogen-bond donors (Lipinski definition) is 2. The van der Waals surface area contributed by atoms with Crippen LogP contribution in [0.1, 0.15) is 85.1 Å². The van der Waals surface area contributed by atoms with Crippen LogP contribution in [-0.2, 0) is 15.1 Å². The van der Waals surface area contributed by atoms with E-state index < -0.39 is 5.54 Å². The number of hydrogen-bond acceptors (Lipinski definition) is 4. The monoisotopic (exact) mass is 539 g/mol. The Kier molecular flexibility index (Phi) is 9.25. The first kappa shape index (κ1) is 29.7.